The predicted octanol–water partition coefficient (Wildman–Crippen LogP) is 3.52. The third-order valence-corrected chi connectivity index (χ3v) is 5.10. The maximum atomic E-state index is 12.5. The van der Waals surface area contributed by atoms with Gasteiger partial charge in [0.15, 0.2) is 0 Å². The Morgan fingerprint density at radius 1 is 1.08 bits per heavy atom. The fourth-order valence-electron chi connectivity index (χ4n) is 2.42. The van der Waals surface area contributed by atoms with Gasteiger partial charge < -0.3 is 9.47 Å². The third kappa shape index (κ3) is 5.21. The summed E-state index contributed by atoms with van der Waals surface area (Å²) in [5, 5.41) is 0. The predicted molar refractivity (Wildman–Crippen MR) is 98.6 cm³/mol. The molecule has 0 fully saturated rings. The largest absolute Gasteiger partial charge is 0.496 e. The van der Waals surface area contributed by atoms with Crippen molar-refractivity contribution >= 4 is 10.0 Å². The minimum Gasteiger partial charge on any atom is -0.496 e. The topological polar surface area (TPSA) is 64.6 Å². The molecule has 136 valence electrons. The van der Waals surface area contributed by atoms with Gasteiger partial charge in [-0.25, -0.2) is 13.1 Å². The van der Waals surface area contributed by atoms with Crippen molar-refractivity contribution < 1.29 is 17.9 Å². The number of sulfonamides is 1. The lowest BCUT2D eigenvalue weighted by molar-refractivity contribution is 0.242. The molecule has 0 saturated heterocycles. The van der Waals surface area contributed by atoms with E-state index in [0.717, 1.165) is 16.9 Å². The Morgan fingerprint density at radius 3 is 2.32 bits per heavy atom. The first-order chi connectivity index (χ1) is 11.9. The Labute approximate surface area is 150 Å². The van der Waals surface area contributed by atoms with Crippen LogP contribution in [0.2, 0.25) is 0 Å². The summed E-state index contributed by atoms with van der Waals surface area (Å²) < 4.78 is 38.5. The number of hydrogen-bond donors (Lipinski definition) is 1. The molecule has 0 spiro atoms. The maximum Gasteiger partial charge on any atom is 0.240 e. The van der Waals surface area contributed by atoms with Gasteiger partial charge in [-0.1, -0.05) is 19.1 Å². The van der Waals surface area contributed by atoms with Crippen LogP contribution in [-0.4, -0.2) is 21.6 Å². The van der Waals surface area contributed by atoms with E-state index in [-0.39, 0.29) is 17.5 Å². The van der Waals surface area contributed by atoms with E-state index in [1.165, 1.54) is 0 Å². The molecule has 2 rings (SSSR count). The molecule has 25 heavy (non-hydrogen) atoms. The first-order valence-corrected chi connectivity index (χ1v) is 9.76. The van der Waals surface area contributed by atoms with Crippen LogP contribution in [0.4, 0.5) is 0 Å². The van der Waals surface area contributed by atoms with Crippen LogP contribution in [0.5, 0.6) is 11.5 Å². The highest BCUT2D eigenvalue weighted by molar-refractivity contribution is 7.89. The number of nitrogens with one attached hydrogen (secondary N) is 1. The maximum absolute atomic E-state index is 12.5. The zero-order valence-corrected chi connectivity index (χ0v) is 15.9. The van der Waals surface area contributed by atoms with E-state index in [1.807, 2.05) is 45.0 Å². The van der Waals surface area contributed by atoms with Crippen molar-refractivity contribution in [3.63, 3.8) is 0 Å². The van der Waals surface area contributed by atoms with Crippen LogP contribution in [0.1, 0.15) is 31.9 Å². The lowest BCUT2D eigenvalue weighted by atomic mass is 10.1. The van der Waals surface area contributed by atoms with E-state index >= 15 is 0 Å². The SMILES string of the molecule is CCc1cc(S(=O)(=O)NCc2ccc(OC(C)C)cc2)ccc1OC. The van der Waals surface area contributed by atoms with Gasteiger partial charge in [0.05, 0.1) is 18.1 Å². The van der Waals surface area contributed by atoms with Gasteiger partial charge in [0.2, 0.25) is 10.0 Å². The van der Waals surface area contributed by atoms with Gasteiger partial charge in [0.1, 0.15) is 11.5 Å². The second-order valence-corrected chi connectivity index (χ2v) is 7.73. The van der Waals surface area contributed by atoms with Crippen molar-refractivity contribution in [1.29, 1.82) is 0 Å². The molecule has 0 saturated carbocycles. The van der Waals surface area contributed by atoms with E-state index in [9.17, 15) is 8.42 Å². The number of hydrogen-bond acceptors (Lipinski definition) is 4. The summed E-state index contributed by atoms with van der Waals surface area (Å²) in [6.45, 7) is 6.10. The number of ether oxygens (including phenoxy) is 2. The number of benzene rings is 2. The van der Waals surface area contributed by atoms with Crippen molar-refractivity contribution in [2.24, 2.45) is 0 Å². The van der Waals surface area contributed by atoms with Crippen molar-refractivity contribution in [2.45, 2.75) is 44.7 Å². The molecule has 1 N–H and O–H groups in total. The van der Waals surface area contributed by atoms with E-state index in [1.54, 1.807) is 25.3 Å². The van der Waals surface area contributed by atoms with Gasteiger partial charge in [0.25, 0.3) is 0 Å². The Morgan fingerprint density at radius 2 is 1.76 bits per heavy atom. The zero-order valence-electron chi connectivity index (χ0n) is 15.1. The third-order valence-electron chi connectivity index (χ3n) is 3.70. The Hall–Kier alpha value is -2.05. The minimum absolute atomic E-state index is 0.104. The molecule has 0 radical (unpaired) electrons. The molecule has 0 aliphatic rings. The first-order valence-electron chi connectivity index (χ1n) is 8.28. The normalized spacial score (nSPS) is 11.6. The van der Waals surface area contributed by atoms with Crippen molar-refractivity contribution in [1.82, 2.24) is 4.72 Å². The minimum atomic E-state index is -3.58. The van der Waals surface area contributed by atoms with Crippen LogP contribution in [-0.2, 0) is 23.0 Å². The summed E-state index contributed by atoms with van der Waals surface area (Å²) in [6.07, 6.45) is 0.802. The van der Waals surface area contributed by atoms with Crippen LogP contribution >= 0.6 is 0 Å². The average Bonchev–Trinajstić information content (AvgIpc) is 2.60. The summed E-state index contributed by atoms with van der Waals surface area (Å²) in [5.74, 6) is 1.46. The van der Waals surface area contributed by atoms with Gasteiger partial charge in [-0.05, 0) is 61.7 Å². The molecular formula is C19H25NO4S. The molecule has 0 aromatic heterocycles. The standard InChI is InChI=1S/C19H25NO4S/c1-5-16-12-18(10-11-19(16)23-4)25(21,22)20-13-15-6-8-17(9-7-15)24-14(2)3/h6-12,14,20H,5,13H2,1-4H3. The second-order valence-electron chi connectivity index (χ2n) is 5.96. The Balaban J connectivity index is 2.08. The van der Waals surface area contributed by atoms with Gasteiger partial charge in [0, 0.05) is 6.54 Å². The second kappa shape index (κ2) is 8.36. The van der Waals surface area contributed by atoms with Crippen LogP contribution in [0, 0.1) is 0 Å². The van der Waals surface area contributed by atoms with Gasteiger partial charge >= 0.3 is 0 Å². The summed E-state index contributed by atoms with van der Waals surface area (Å²) in [7, 11) is -2.01. The van der Waals surface area contributed by atoms with E-state index in [4.69, 9.17) is 9.47 Å². The fourth-order valence-corrected chi connectivity index (χ4v) is 3.49. The highest BCUT2D eigenvalue weighted by atomic mass is 32.2. The molecular weight excluding hydrogens is 338 g/mol. The van der Waals surface area contributed by atoms with Gasteiger partial charge in [-0.2, -0.15) is 0 Å². The average molecular weight is 363 g/mol. The number of aryl methyl sites for hydroxylation is 1. The number of methoxy groups -OCH3 is 1. The molecule has 0 bridgehead atoms. The highest BCUT2D eigenvalue weighted by Gasteiger charge is 2.16. The zero-order chi connectivity index (χ0) is 18.4. The fraction of sp³-hybridized carbons (Fsp3) is 0.368. The smallest absolute Gasteiger partial charge is 0.240 e. The summed E-state index contributed by atoms with van der Waals surface area (Å²) in [5.41, 5.74) is 1.73. The Kier molecular flexibility index (Phi) is 6.45. The molecule has 6 heteroatoms. The van der Waals surface area contributed by atoms with Crippen molar-refractivity contribution in [3.05, 3.63) is 53.6 Å². The molecule has 5 nitrogen and oxygen atoms in total. The molecule has 0 aliphatic heterocycles. The highest BCUT2D eigenvalue weighted by Crippen LogP contribution is 2.23. The monoisotopic (exact) mass is 363 g/mol. The summed E-state index contributed by atoms with van der Waals surface area (Å²) in [6, 6.07) is 12.3. The molecule has 2 aromatic rings. The molecule has 2 aromatic carbocycles. The van der Waals surface area contributed by atoms with E-state index < -0.39 is 10.0 Å². The van der Waals surface area contributed by atoms with E-state index in [0.29, 0.717) is 12.2 Å². The summed E-state index contributed by atoms with van der Waals surface area (Å²) in [4.78, 5) is 0.241. The molecule has 0 atom stereocenters. The van der Waals surface area contributed by atoms with Gasteiger partial charge in [-0.3, -0.25) is 0 Å². The van der Waals surface area contributed by atoms with Crippen LogP contribution < -0.4 is 14.2 Å². The quantitative estimate of drug-likeness (QED) is 0.779. The van der Waals surface area contributed by atoms with Gasteiger partial charge in [-0.15, -0.1) is 0 Å². The van der Waals surface area contributed by atoms with Crippen LogP contribution in [0.25, 0.3) is 0 Å². The Bertz CT molecular complexity index is 799. The molecule has 0 unspecified atom stereocenters. The molecule has 0 amide bonds. The molecule has 0 heterocycles. The van der Waals surface area contributed by atoms with Crippen molar-refractivity contribution in [2.75, 3.05) is 7.11 Å². The van der Waals surface area contributed by atoms with Crippen LogP contribution in [0.15, 0.2) is 47.4 Å². The molecule has 0 aliphatic carbocycles. The van der Waals surface area contributed by atoms with Crippen molar-refractivity contribution in [3.8, 4) is 11.5 Å². The summed E-state index contributed by atoms with van der Waals surface area (Å²) >= 11 is 0. The first kappa shape index (κ1) is 19.3. The van der Waals surface area contributed by atoms with Crippen LogP contribution in [0.3, 0.4) is 0 Å². The lowest BCUT2D eigenvalue weighted by Crippen LogP contribution is -2.23. The number of rotatable bonds is 8. The lowest BCUT2D eigenvalue weighted by Gasteiger charge is -2.12. The van der Waals surface area contributed by atoms with E-state index in [2.05, 4.69) is 4.72 Å².